The number of carbonyl (C=O) groups excluding carboxylic acids is 2. The highest BCUT2D eigenvalue weighted by Crippen LogP contribution is 2.22. The van der Waals surface area contributed by atoms with Crippen LogP contribution in [0.2, 0.25) is 0 Å². The van der Waals surface area contributed by atoms with Crippen molar-refractivity contribution in [2.75, 3.05) is 7.05 Å². The third-order valence-electron chi connectivity index (χ3n) is 3.46. The average Bonchev–Trinajstić information content (AvgIpc) is 2.28. The zero-order chi connectivity index (χ0) is 13.0. The summed E-state index contributed by atoms with van der Waals surface area (Å²) in [5.74, 6) is -0.101. The van der Waals surface area contributed by atoms with Gasteiger partial charge in [0.1, 0.15) is 0 Å². The summed E-state index contributed by atoms with van der Waals surface area (Å²) in [5, 5.41) is 2.95. The molecule has 1 rings (SSSR count). The van der Waals surface area contributed by atoms with Gasteiger partial charge in [0.05, 0.1) is 12.1 Å². The number of nitrogens with zero attached hydrogens (tertiary/aromatic N) is 1. The van der Waals surface area contributed by atoms with Gasteiger partial charge in [0.2, 0.25) is 11.8 Å². The molecule has 0 saturated heterocycles. The summed E-state index contributed by atoms with van der Waals surface area (Å²) in [6.45, 7) is 3.22. The molecule has 2 unspecified atom stereocenters. The van der Waals surface area contributed by atoms with E-state index >= 15 is 0 Å². The molecule has 5 heteroatoms. The summed E-state index contributed by atoms with van der Waals surface area (Å²) in [6, 6.07) is -0.361. The van der Waals surface area contributed by atoms with Crippen LogP contribution in [0.4, 0.5) is 0 Å². The Morgan fingerprint density at radius 1 is 1.35 bits per heavy atom. The summed E-state index contributed by atoms with van der Waals surface area (Å²) >= 11 is 0. The Balaban J connectivity index is 2.66. The lowest BCUT2D eigenvalue weighted by Gasteiger charge is -2.38. The van der Waals surface area contributed by atoms with E-state index in [0.717, 1.165) is 25.7 Å². The van der Waals surface area contributed by atoms with Crippen LogP contribution in [0.3, 0.4) is 0 Å². The zero-order valence-corrected chi connectivity index (χ0v) is 10.9. The molecule has 0 spiro atoms. The van der Waals surface area contributed by atoms with Gasteiger partial charge in [-0.2, -0.15) is 0 Å². The second-order valence-electron chi connectivity index (χ2n) is 4.89. The van der Waals surface area contributed by atoms with Crippen LogP contribution < -0.4 is 11.1 Å². The molecule has 3 atom stereocenters. The summed E-state index contributed by atoms with van der Waals surface area (Å²) in [6.07, 6.45) is 4.06. The Morgan fingerprint density at radius 2 is 1.94 bits per heavy atom. The maximum Gasteiger partial charge on any atom is 0.236 e. The van der Waals surface area contributed by atoms with Gasteiger partial charge in [-0.3, -0.25) is 9.59 Å². The van der Waals surface area contributed by atoms with Gasteiger partial charge in [0.25, 0.3) is 0 Å². The first kappa shape index (κ1) is 14.0. The molecule has 0 aromatic heterocycles. The molecule has 0 aliphatic heterocycles. The van der Waals surface area contributed by atoms with E-state index in [1.54, 1.807) is 25.8 Å². The lowest BCUT2D eigenvalue weighted by Crippen LogP contribution is -2.55. The van der Waals surface area contributed by atoms with Crippen molar-refractivity contribution in [3.8, 4) is 0 Å². The number of nitrogens with two attached hydrogens (primary N) is 1. The predicted molar refractivity (Wildman–Crippen MR) is 66.3 cm³/mol. The van der Waals surface area contributed by atoms with Crippen LogP contribution in [0.15, 0.2) is 0 Å². The Hall–Kier alpha value is -1.10. The molecule has 0 radical (unpaired) electrons. The molecule has 5 nitrogen and oxygen atoms in total. The summed E-state index contributed by atoms with van der Waals surface area (Å²) < 4.78 is 0. The Morgan fingerprint density at radius 3 is 2.47 bits per heavy atom. The first-order valence-electron chi connectivity index (χ1n) is 6.23. The van der Waals surface area contributed by atoms with Crippen molar-refractivity contribution in [1.29, 1.82) is 0 Å². The van der Waals surface area contributed by atoms with E-state index in [-0.39, 0.29) is 23.9 Å². The minimum atomic E-state index is -0.500. The summed E-state index contributed by atoms with van der Waals surface area (Å²) in [7, 11) is 1.79. The first-order valence-corrected chi connectivity index (χ1v) is 6.23. The average molecular weight is 241 g/mol. The molecule has 17 heavy (non-hydrogen) atoms. The summed E-state index contributed by atoms with van der Waals surface area (Å²) in [4.78, 5) is 24.7. The van der Waals surface area contributed by atoms with Gasteiger partial charge in [0.15, 0.2) is 0 Å². The minimum Gasteiger partial charge on any atom is -0.350 e. The molecule has 1 aliphatic carbocycles. The van der Waals surface area contributed by atoms with E-state index in [9.17, 15) is 9.59 Å². The van der Waals surface area contributed by atoms with E-state index in [4.69, 9.17) is 5.73 Å². The first-order chi connectivity index (χ1) is 7.93. The second kappa shape index (κ2) is 6.00. The fourth-order valence-electron chi connectivity index (χ4n) is 2.29. The lowest BCUT2D eigenvalue weighted by molar-refractivity contribution is -0.132. The van der Waals surface area contributed by atoms with E-state index in [0.29, 0.717) is 0 Å². The fraction of sp³-hybridized carbons (Fsp3) is 0.833. The minimum absolute atomic E-state index is 0.0381. The molecule has 2 amide bonds. The Kier molecular flexibility index (Phi) is 4.93. The molecule has 98 valence electrons. The molecule has 0 heterocycles. The number of carbonyl (C=O) groups is 2. The van der Waals surface area contributed by atoms with Crippen LogP contribution in [-0.2, 0) is 9.59 Å². The van der Waals surface area contributed by atoms with Gasteiger partial charge < -0.3 is 16.0 Å². The molecule has 1 saturated carbocycles. The molecule has 0 bridgehead atoms. The van der Waals surface area contributed by atoms with Crippen LogP contribution in [0.5, 0.6) is 0 Å². The normalized spacial score (nSPS) is 26.1. The number of nitrogens with one attached hydrogen (secondary N) is 1. The van der Waals surface area contributed by atoms with Gasteiger partial charge in [-0.25, -0.2) is 0 Å². The van der Waals surface area contributed by atoms with E-state index in [1.807, 2.05) is 0 Å². The molecule has 3 N–H and O–H groups in total. The molecule has 0 aromatic carbocycles. The number of hydrogen-bond acceptors (Lipinski definition) is 3. The predicted octanol–water partition coefficient (Wildman–Crippen LogP) is 0.239. The van der Waals surface area contributed by atoms with Crippen molar-refractivity contribution < 1.29 is 9.59 Å². The Labute approximate surface area is 103 Å². The fourth-order valence-corrected chi connectivity index (χ4v) is 2.29. The van der Waals surface area contributed by atoms with Gasteiger partial charge in [-0.15, -0.1) is 0 Å². The number of rotatable bonds is 3. The van der Waals surface area contributed by atoms with Crippen molar-refractivity contribution >= 4 is 11.8 Å². The van der Waals surface area contributed by atoms with Crippen LogP contribution in [0.1, 0.15) is 39.5 Å². The summed E-state index contributed by atoms with van der Waals surface area (Å²) in [5.41, 5.74) is 5.54. The van der Waals surface area contributed by atoms with Crippen LogP contribution in [-0.4, -0.2) is 41.9 Å². The third kappa shape index (κ3) is 3.70. The monoisotopic (exact) mass is 241 g/mol. The van der Waals surface area contributed by atoms with Crippen LogP contribution >= 0.6 is 0 Å². The number of likely N-dealkylation sites (N-methyl/N-ethyl adjacent to an activating group) is 1. The highest BCUT2D eigenvalue weighted by atomic mass is 16.2. The van der Waals surface area contributed by atoms with Gasteiger partial charge >= 0.3 is 0 Å². The quantitative estimate of drug-likeness (QED) is 0.743. The van der Waals surface area contributed by atoms with Crippen LogP contribution in [0, 0.1) is 0 Å². The van der Waals surface area contributed by atoms with E-state index in [1.165, 1.54) is 0 Å². The van der Waals surface area contributed by atoms with Gasteiger partial charge in [-0.1, -0.05) is 12.8 Å². The third-order valence-corrected chi connectivity index (χ3v) is 3.46. The van der Waals surface area contributed by atoms with Crippen molar-refractivity contribution in [2.24, 2.45) is 5.73 Å². The number of hydrogen-bond donors (Lipinski definition) is 2. The molecular weight excluding hydrogens is 218 g/mol. The molecular formula is C12H23N3O2. The smallest absolute Gasteiger partial charge is 0.236 e. The molecule has 1 aliphatic rings. The topological polar surface area (TPSA) is 75.4 Å². The second-order valence-corrected chi connectivity index (χ2v) is 4.89. The largest absolute Gasteiger partial charge is 0.350 e. The lowest BCUT2D eigenvalue weighted by atomic mass is 9.89. The highest BCUT2D eigenvalue weighted by molar-refractivity contribution is 5.81. The number of amides is 2. The van der Waals surface area contributed by atoms with E-state index < -0.39 is 6.04 Å². The van der Waals surface area contributed by atoms with Gasteiger partial charge in [0, 0.05) is 20.0 Å². The highest BCUT2D eigenvalue weighted by Gasteiger charge is 2.31. The SMILES string of the molecule is CC(=O)N(C)[C@H]1CCCCC1NC(=O)C(C)N. The maximum atomic E-state index is 11.6. The standard InChI is InChI=1S/C12H23N3O2/c1-8(13)12(17)14-10-6-4-5-7-11(10)15(3)9(2)16/h8,10-11H,4-7,13H2,1-3H3,(H,14,17)/t8?,10?,11-/m0/s1. The van der Waals surface area contributed by atoms with Crippen molar-refractivity contribution in [2.45, 2.75) is 57.7 Å². The van der Waals surface area contributed by atoms with Crippen molar-refractivity contribution in [3.05, 3.63) is 0 Å². The van der Waals surface area contributed by atoms with Gasteiger partial charge in [-0.05, 0) is 19.8 Å². The molecule has 0 aromatic rings. The van der Waals surface area contributed by atoms with Crippen molar-refractivity contribution in [1.82, 2.24) is 10.2 Å². The van der Waals surface area contributed by atoms with Crippen molar-refractivity contribution in [3.63, 3.8) is 0 Å². The maximum absolute atomic E-state index is 11.6. The Bertz CT molecular complexity index is 291. The van der Waals surface area contributed by atoms with Crippen LogP contribution in [0.25, 0.3) is 0 Å². The van der Waals surface area contributed by atoms with E-state index in [2.05, 4.69) is 5.32 Å². The molecule has 1 fully saturated rings. The zero-order valence-electron chi connectivity index (χ0n) is 10.9.